The number of nitrogens with one attached hydrogen (secondary N) is 1. The van der Waals surface area contributed by atoms with Gasteiger partial charge in [-0.15, -0.1) is 0 Å². The second-order valence-electron chi connectivity index (χ2n) is 4.90. The van der Waals surface area contributed by atoms with E-state index in [1.807, 2.05) is 24.3 Å². The number of pyridine rings is 1. The van der Waals surface area contributed by atoms with Crippen molar-refractivity contribution in [2.75, 3.05) is 5.32 Å². The monoisotopic (exact) mass is 320 g/mol. The summed E-state index contributed by atoms with van der Waals surface area (Å²) in [4.78, 5) is 4.18. The van der Waals surface area contributed by atoms with Crippen molar-refractivity contribution in [3.63, 3.8) is 0 Å². The van der Waals surface area contributed by atoms with Crippen LogP contribution in [0.4, 0.5) is 10.1 Å². The van der Waals surface area contributed by atoms with E-state index in [1.165, 1.54) is 6.07 Å². The third-order valence-corrected chi connectivity index (χ3v) is 4.05. The van der Waals surface area contributed by atoms with Gasteiger partial charge >= 0.3 is 0 Å². The SMILES string of the molecule is Fc1ccccc1C1CC(Nc2ccc(Br)nc2)C1. The summed E-state index contributed by atoms with van der Waals surface area (Å²) in [6, 6.07) is 11.4. The first-order chi connectivity index (χ1) is 9.22. The molecule has 0 atom stereocenters. The first kappa shape index (κ1) is 12.6. The Morgan fingerprint density at radius 3 is 2.63 bits per heavy atom. The fraction of sp³-hybridized carbons (Fsp3) is 0.267. The lowest BCUT2D eigenvalue weighted by atomic mass is 9.75. The van der Waals surface area contributed by atoms with E-state index in [-0.39, 0.29) is 5.82 Å². The fourth-order valence-corrected chi connectivity index (χ4v) is 2.73. The molecule has 0 amide bonds. The maximum Gasteiger partial charge on any atom is 0.126 e. The quantitative estimate of drug-likeness (QED) is 0.851. The Hall–Kier alpha value is -1.42. The predicted molar refractivity (Wildman–Crippen MR) is 77.7 cm³/mol. The van der Waals surface area contributed by atoms with Gasteiger partial charge < -0.3 is 5.32 Å². The Balaban J connectivity index is 1.58. The molecule has 1 saturated carbocycles. The molecule has 1 aliphatic rings. The topological polar surface area (TPSA) is 24.9 Å². The molecule has 3 rings (SSSR count). The third-order valence-electron chi connectivity index (χ3n) is 3.58. The average Bonchev–Trinajstić information content (AvgIpc) is 2.37. The summed E-state index contributed by atoms with van der Waals surface area (Å²) < 4.78 is 14.5. The van der Waals surface area contributed by atoms with Crippen molar-refractivity contribution in [3.05, 3.63) is 58.6 Å². The number of hydrogen-bond donors (Lipinski definition) is 1. The third kappa shape index (κ3) is 2.78. The molecule has 1 heterocycles. The van der Waals surface area contributed by atoms with E-state index in [1.54, 1.807) is 12.3 Å². The Labute approximate surface area is 120 Å². The van der Waals surface area contributed by atoms with E-state index >= 15 is 0 Å². The molecule has 4 heteroatoms. The van der Waals surface area contributed by atoms with Gasteiger partial charge in [0.1, 0.15) is 10.4 Å². The smallest absolute Gasteiger partial charge is 0.126 e. The summed E-state index contributed by atoms with van der Waals surface area (Å²) in [6.45, 7) is 0. The van der Waals surface area contributed by atoms with Gasteiger partial charge in [-0.3, -0.25) is 0 Å². The van der Waals surface area contributed by atoms with E-state index in [4.69, 9.17) is 0 Å². The predicted octanol–water partition coefficient (Wildman–Crippen LogP) is 4.34. The minimum atomic E-state index is -0.0868. The highest BCUT2D eigenvalue weighted by atomic mass is 79.9. The molecule has 0 aliphatic heterocycles. The number of rotatable bonds is 3. The van der Waals surface area contributed by atoms with Crippen LogP contribution in [0, 0.1) is 5.82 Å². The van der Waals surface area contributed by atoms with Crippen molar-refractivity contribution in [1.82, 2.24) is 4.98 Å². The molecular formula is C15H14BrFN2. The summed E-state index contributed by atoms with van der Waals surface area (Å²) in [5, 5.41) is 3.42. The normalized spacial score (nSPS) is 21.8. The Morgan fingerprint density at radius 2 is 1.95 bits per heavy atom. The summed E-state index contributed by atoms with van der Waals surface area (Å²) >= 11 is 3.31. The Bertz CT molecular complexity index is 565. The van der Waals surface area contributed by atoms with Crippen molar-refractivity contribution in [1.29, 1.82) is 0 Å². The van der Waals surface area contributed by atoms with Crippen molar-refractivity contribution >= 4 is 21.6 Å². The molecule has 1 aromatic heterocycles. The molecule has 98 valence electrons. The zero-order chi connectivity index (χ0) is 13.2. The molecule has 1 aliphatic carbocycles. The van der Waals surface area contributed by atoms with Gasteiger partial charge in [0.25, 0.3) is 0 Å². The number of halogens is 2. The second-order valence-corrected chi connectivity index (χ2v) is 5.71. The average molecular weight is 321 g/mol. The van der Waals surface area contributed by atoms with E-state index < -0.39 is 0 Å². The minimum absolute atomic E-state index is 0.0868. The van der Waals surface area contributed by atoms with E-state index in [0.717, 1.165) is 28.7 Å². The number of aromatic nitrogens is 1. The zero-order valence-electron chi connectivity index (χ0n) is 10.3. The van der Waals surface area contributed by atoms with Crippen molar-refractivity contribution in [3.8, 4) is 0 Å². The summed E-state index contributed by atoms with van der Waals surface area (Å²) in [6.07, 6.45) is 3.74. The van der Waals surface area contributed by atoms with E-state index in [9.17, 15) is 4.39 Å². The number of anilines is 1. The van der Waals surface area contributed by atoms with Crippen LogP contribution in [-0.2, 0) is 0 Å². The molecular weight excluding hydrogens is 307 g/mol. The van der Waals surface area contributed by atoms with Crippen LogP contribution in [0.25, 0.3) is 0 Å². The van der Waals surface area contributed by atoms with Gasteiger partial charge in [-0.2, -0.15) is 0 Å². The molecule has 1 fully saturated rings. The van der Waals surface area contributed by atoms with Crippen LogP contribution in [0.2, 0.25) is 0 Å². The van der Waals surface area contributed by atoms with Gasteiger partial charge in [0, 0.05) is 6.04 Å². The second kappa shape index (κ2) is 5.29. The van der Waals surface area contributed by atoms with Crippen LogP contribution in [0.3, 0.4) is 0 Å². The molecule has 1 N–H and O–H groups in total. The van der Waals surface area contributed by atoms with Gasteiger partial charge in [-0.1, -0.05) is 18.2 Å². The first-order valence-electron chi connectivity index (χ1n) is 6.35. The van der Waals surface area contributed by atoms with Crippen LogP contribution >= 0.6 is 15.9 Å². The van der Waals surface area contributed by atoms with Gasteiger partial charge in [0.2, 0.25) is 0 Å². The Morgan fingerprint density at radius 1 is 1.16 bits per heavy atom. The van der Waals surface area contributed by atoms with Gasteiger partial charge in [0.05, 0.1) is 11.9 Å². The van der Waals surface area contributed by atoms with Crippen molar-refractivity contribution in [2.24, 2.45) is 0 Å². The standard InChI is InChI=1S/C15H14BrFN2/c16-15-6-5-11(9-18-15)19-12-7-10(8-12)13-3-1-2-4-14(13)17/h1-6,9-10,12,19H,7-8H2. The molecule has 0 spiro atoms. The van der Waals surface area contributed by atoms with E-state index in [0.29, 0.717) is 12.0 Å². The molecule has 0 radical (unpaired) electrons. The highest BCUT2D eigenvalue weighted by Gasteiger charge is 2.31. The van der Waals surface area contributed by atoms with Crippen molar-refractivity contribution < 1.29 is 4.39 Å². The molecule has 0 unspecified atom stereocenters. The van der Waals surface area contributed by atoms with Gasteiger partial charge in [-0.25, -0.2) is 9.37 Å². The fourth-order valence-electron chi connectivity index (χ4n) is 2.49. The maximum absolute atomic E-state index is 13.6. The molecule has 2 nitrogen and oxygen atoms in total. The van der Waals surface area contributed by atoms with E-state index in [2.05, 4.69) is 26.2 Å². The summed E-state index contributed by atoms with van der Waals surface area (Å²) in [5.74, 6) is 0.248. The van der Waals surface area contributed by atoms with Crippen LogP contribution < -0.4 is 5.32 Å². The molecule has 1 aromatic carbocycles. The minimum Gasteiger partial charge on any atom is -0.381 e. The van der Waals surface area contributed by atoms with Gasteiger partial charge in [0.15, 0.2) is 0 Å². The largest absolute Gasteiger partial charge is 0.381 e. The highest BCUT2D eigenvalue weighted by molar-refractivity contribution is 9.10. The molecule has 0 saturated heterocycles. The lowest BCUT2D eigenvalue weighted by Gasteiger charge is -2.36. The number of nitrogens with zero attached hydrogens (tertiary/aromatic N) is 1. The lowest BCUT2D eigenvalue weighted by Crippen LogP contribution is -2.34. The Kier molecular flexibility index (Phi) is 3.51. The number of benzene rings is 1. The molecule has 19 heavy (non-hydrogen) atoms. The summed E-state index contributed by atoms with van der Waals surface area (Å²) in [5.41, 5.74) is 1.86. The number of hydrogen-bond acceptors (Lipinski definition) is 2. The molecule has 0 bridgehead atoms. The molecule has 2 aromatic rings. The van der Waals surface area contributed by atoms with Gasteiger partial charge in [-0.05, 0) is 58.5 Å². The maximum atomic E-state index is 13.6. The van der Waals surface area contributed by atoms with Crippen LogP contribution in [0.1, 0.15) is 24.3 Å². The zero-order valence-corrected chi connectivity index (χ0v) is 11.9. The first-order valence-corrected chi connectivity index (χ1v) is 7.14. The van der Waals surface area contributed by atoms with Crippen molar-refractivity contribution in [2.45, 2.75) is 24.8 Å². The van der Waals surface area contributed by atoms with Crippen LogP contribution in [-0.4, -0.2) is 11.0 Å². The van der Waals surface area contributed by atoms with Crippen LogP contribution in [0.5, 0.6) is 0 Å². The summed E-state index contributed by atoms with van der Waals surface area (Å²) in [7, 11) is 0. The highest BCUT2D eigenvalue weighted by Crippen LogP contribution is 2.39. The lowest BCUT2D eigenvalue weighted by molar-refractivity contribution is 0.363. The van der Waals surface area contributed by atoms with Crippen LogP contribution in [0.15, 0.2) is 47.2 Å².